The van der Waals surface area contributed by atoms with Gasteiger partial charge in [-0.15, -0.1) is 5.10 Å². The van der Waals surface area contributed by atoms with Gasteiger partial charge in [0.2, 0.25) is 18.1 Å². The highest BCUT2D eigenvalue weighted by Gasteiger charge is 2.45. The van der Waals surface area contributed by atoms with Crippen LogP contribution in [-0.2, 0) is 26.2 Å². The molecule has 14 nitrogen and oxygen atoms in total. The molecule has 1 aromatic heterocycles. The second kappa shape index (κ2) is 13.6. The number of ether oxygens (including phenoxy) is 2. The van der Waals surface area contributed by atoms with Crippen molar-refractivity contribution in [1.29, 1.82) is 0 Å². The van der Waals surface area contributed by atoms with Crippen molar-refractivity contribution in [3.63, 3.8) is 0 Å². The molecule has 1 aliphatic rings. The maximum absolute atomic E-state index is 12.0. The average molecular weight is 584 g/mol. The number of aryl methyl sites for hydroxylation is 1. The third kappa shape index (κ3) is 8.31. The van der Waals surface area contributed by atoms with E-state index in [0.717, 1.165) is 22.4 Å². The number of nitrogens with one attached hydrogen (secondary N) is 3. The summed E-state index contributed by atoms with van der Waals surface area (Å²) in [7, 11) is -3.81. The second-order valence-electron chi connectivity index (χ2n) is 9.82. The fraction of sp³-hybridized carbons (Fsp3) is 0.520. The highest BCUT2D eigenvalue weighted by atomic mass is 32.2. The van der Waals surface area contributed by atoms with E-state index in [0.29, 0.717) is 12.0 Å². The second-order valence-corrected chi connectivity index (χ2v) is 11.2. The predicted molar refractivity (Wildman–Crippen MR) is 144 cm³/mol. The van der Waals surface area contributed by atoms with Gasteiger partial charge in [0, 0.05) is 36.8 Å². The zero-order chi connectivity index (χ0) is 29.6. The maximum Gasteiger partial charge on any atom is 0.274 e. The summed E-state index contributed by atoms with van der Waals surface area (Å²) in [6, 6.07) is 5.63. The van der Waals surface area contributed by atoms with Gasteiger partial charge in [-0.2, -0.15) is 8.42 Å². The van der Waals surface area contributed by atoms with Crippen molar-refractivity contribution in [2.75, 3.05) is 19.7 Å². The van der Waals surface area contributed by atoms with Crippen molar-refractivity contribution in [2.24, 2.45) is 5.14 Å². The summed E-state index contributed by atoms with van der Waals surface area (Å²) in [5.41, 5.74) is 4.16. The number of H-pyrrole nitrogens is 1. The number of aliphatic hydroxyl groups excluding tert-OH is 4. The molecule has 1 fully saturated rings. The van der Waals surface area contributed by atoms with E-state index in [1.165, 1.54) is 6.08 Å². The molecule has 0 radical (unpaired) electrons. The molecule has 0 aliphatic carbocycles. The minimum Gasteiger partial charge on any atom is -0.443 e. The third-order valence-corrected chi connectivity index (χ3v) is 7.01. The van der Waals surface area contributed by atoms with Crippen LogP contribution in [-0.4, -0.2) is 95.4 Å². The zero-order valence-electron chi connectivity index (χ0n) is 22.4. The van der Waals surface area contributed by atoms with E-state index >= 15 is 0 Å². The molecule has 1 saturated heterocycles. The molecular weight excluding hydrogens is 546 g/mol. The molecule has 0 spiro atoms. The number of hydrogen-bond donors (Lipinski definition) is 8. The van der Waals surface area contributed by atoms with Gasteiger partial charge in [-0.1, -0.05) is 32.0 Å². The van der Waals surface area contributed by atoms with Gasteiger partial charge >= 0.3 is 0 Å². The van der Waals surface area contributed by atoms with Gasteiger partial charge < -0.3 is 35.2 Å². The van der Waals surface area contributed by atoms with Crippen LogP contribution in [0.5, 0.6) is 5.88 Å². The fourth-order valence-corrected chi connectivity index (χ4v) is 4.59. The highest BCUT2D eigenvalue weighted by molar-refractivity contribution is 7.87. The Balaban J connectivity index is 1.72. The fourth-order valence-electron chi connectivity index (χ4n) is 4.20. The molecule has 0 saturated carbocycles. The molecule has 1 aliphatic heterocycles. The third-order valence-electron chi connectivity index (χ3n) is 6.40. The number of hydrogen-bond acceptors (Lipinski definition) is 10. The lowest BCUT2D eigenvalue weighted by Gasteiger charge is -2.39. The van der Waals surface area contributed by atoms with Crippen LogP contribution < -0.4 is 19.9 Å². The summed E-state index contributed by atoms with van der Waals surface area (Å²) >= 11 is 0. The first kappa shape index (κ1) is 31.6. The first-order valence-corrected chi connectivity index (χ1v) is 14.2. The van der Waals surface area contributed by atoms with Crippen LogP contribution in [0.15, 0.2) is 24.3 Å². The molecular formula is C25H37N5O9S. The monoisotopic (exact) mass is 583 g/mol. The molecule has 0 bridgehead atoms. The molecule has 2 aromatic rings. The van der Waals surface area contributed by atoms with Gasteiger partial charge in [-0.05, 0) is 35.6 Å². The first-order valence-electron chi connectivity index (χ1n) is 12.7. The van der Waals surface area contributed by atoms with E-state index in [2.05, 4.69) is 20.2 Å². The van der Waals surface area contributed by atoms with Gasteiger partial charge in [0.1, 0.15) is 24.4 Å². The zero-order valence-corrected chi connectivity index (χ0v) is 23.3. The van der Waals surface area contributed by atoms with Crippen LogP contribution >= 0.6 is 0 Å². The van der Waals surface area contributed by atoms with Crippen LogP contribution in [0, 0.1) is 6.92 Å². The van der Waals surface area contributed by atoms with E-state index in [4.69, 9.17) is 14.6 Å². The van der Waals surface area contributed by atoms with Crippen molar-refractivity contribution < 1.29 is 43.1 Å². The van der Waals surface area contributed by atoms with E-state index < -0.39 is 53.4 Å². The molecule has 222 valence electrons. The van der Waals surface area contributed by atoms with Crippen LogP contribution in [0.25, 0.3) is 6.08 Å². The minimum atomic E-state index is -3.81. The summed E-state index contributed by atoms with van der Waals surface area (Å²) in [4.78, 5) is 12.0. The Kier molecular flexibility index (Phi) is 10.8. The Morgan fingerprint density at radius 1 is 1.23 bits per heavy atom. The van der Waals surface area contributed by atoms with Crippen molar-refractivity contribution in [1.82, 2.24) is 20.2 Å². The molecule has 3 rings (SSSR count). The first-order chi connectivity index (χ1) is 18.8. The number of aromatic nitrogens is 2. The number of nitrogens with zero attached hydrogens (tertiary/aromatic N) is 1. The Morgan fingerprint density at radius 2 is 1.95 bits per heavy atom. The number of rotatable bonds is 12. The van der Waals surface area contributed by atoms with Crippen molar-refractivity contribution in [3.8, 4) is 5.88 Å². The summed E-state index contributed by atoms with van der Waals surface area (Å²) < 4.78 is 35.1. The molecule has 0 unspecified atom stereocenters. The van der Waals surface area contributed by atoms with Gasteiger partial charge in [-0.3, -0.25) is 9.89 Å². The van der Waals surface area contributed by atoms with Gasteiger partial charge in [0.15, 0.2) is 0 Å². The largest absolute Gasteiger partial charge is 0.443 e. The lowest BCUT2D eigenvalue weighted by Crippen LogP contribution is -2.60. The van der Waals surface area contributed by atoms with Crippen LogP contribution in [0.2, 0.25) is 0 Å². The number of aromatic amines is 1. The number of amides is 1. The number of nitrogens with two attached hydrogens (primary N) is 1. The Hall–Kier alpha value is -2.89. The Labute approximate surface area is 232 Å². The van der Waals surface area contributed by atoms with Gasteiger partial charge in [0.25, 0.3) is 10.2 Å². The number of benzene rings is 1. The molecule has 1 aromatic carbocycles. The van der Waals surface area contributed by atoms with Crippen LogP contribution in [0.4, 0.5) is 0 Å². The van der Waals surface area contributed by atoms with E-state index in [1.807, 2.05) is 39.0 Å². The highest BCUT2D eigenvalue weighted by Crippen LogP contribution is 2.32. The van der Waals surface area contributed by atoms with Crippen molar-refractivity contribution in [2.45, 2.75) is 63.8 Å². The summed E-state index contributed by atoms with van der Waals surface area (Å²) in [5, 5.41) is 54.6. The summed E-state index contributed by atoms with van der Waals surface area (Å²) in [6.07, 6.45) is -3.75. The van der Waals surface area contributed by atoms with E-state index in [9.17, 15) is 33.6 Å². The normalized spacial score (nSPS) is 23.6. The van der Waals surface area contributed by atoms with Crippen molar-refractivity contribution in [3.05, 3.63) is 52.2 Å². The topological polar surface area (TPSA) is 229 Å². The van der Waals surface area contributed by atoms with Crippen LogP contribution in [0.1, 0.15) is 47.7 Å². The molecule has 9 N–H and O–H groups in total. The Bertz CT molecular complexity index is 1300. The van der Waals surface area contributed by atoms with Crippen molar-refractivity contribution >= 4 is 22.2 Å². The van der Waals surface area contributed by atoms with Crippen LogP contribution in [0.3, 0.4) is 0 Å². The number of aliphatic hydroxyl groups is 4. The predicted octanol–water partition coefficient (Wildman–Crippen LogP) is -1.47. The van der Waals surface area contributed by atoms with Gasteiger partial charge in [0.05, 0.1) is 6.61 Å². The standard InChI is InChI=1S/C25H37N5O9S/c1-13(2)20-17(24(30-29-20)39-25-23(35)22(34)21(33)18(12-31)38-25)11-16-6-4-15(10-14(16)3)5-7-19(32)27-8-9-28-40(26,36)37/h4-7,10,13,18,21-23,25,28,31,33-35H,8-9,11-12H2,1-3H3,(H,27,32)(H,29,30)(H2,26,36,37)/t18-,21-,22+,23-,25+/m1/s1. The SMILES string of the molecule is Cc1cc(C=CC(=O)NCCNS(N)(=O)=O)ccc1Cc1c(O[C@@H]2O[C@H](CO)[C@@H](O)[C@H](O)[C@H]2O)n[nH]c1C(C)C. The van der Waals surface area contributed by atoms with E-state index in [-0.39, 0.29) is 24.9 Å². The average Bonchev–Trinajstić information content (AvgIpc) is 3.28. The molecule has 15 heteroatoms. The van der Waals surface area contributed by atoms with E-state index in [1.54, 1.807) is 6.08 Å². The lowest BCUT2D eigenvalue weighted by atomic mass is 9.95. The number of carbonyl (C=O) groups excluding carboxylic acids is 1. The quantitative estimate of drug-likeness (QED) is 0.107. The maximum atomic E-state index is 12.0. The smallest absolute Gasteiger partial charge is 0.274 e. The molecule has 1 amide bonds. The minimum absolute atomic E-state index is 0.0271. The number of carbonyl (C=O) groups is 1. The van der Waals surface area contributed by atoms with Gasteiger partial charge in [-0.25, -0.2) is 9.86 Å². The molecule has 2 heterocycles. The summed E-state index contributed by atoms with van der Waals surface area (Å²) in [5.74, 6) is -0.186. The molecule has 5 atom stereocenters. The lowest BCUT2D eigenvalue weighted by molar-refractivity contribution is -0.278. The summed E-state index contributed by atoms with van der Waals surface area (Å²) in [6.45, 7) is 5.34. The molecule has 40 heavy (non-hydrogen) atoms. The Morgan fingerprint density at radius 3 is 2.58 bits per heavy atom.